The van der Waals surface area contributed by atoms with Gasteiger partial charge in [0.2, 0.25) is 0 Å². The van der Waals surface area contributed by atoms with E-state index in [1.165, 1.54) is 12.1 Å². The lowest BCUT2D eigenvalue weighted by Crippen LogP contribution is -2.00. The Hall–Kier alpha value is -2.62. The van der Waals surface area contributed by atoms with Gasteiger partial charge in [0.25, 0.3) is 0 Å². The number of esters is 1. The summed E-state index contributed by atoms with van der Waals surface area (Å²) < 4.78 is 23.8. The van der Waals surface area contributed by atoms with Gasteiger partial charge < -0.3 is 9.47 Å². The van der Waals surface area contributed by atoms with Crippen molar-refractivity contribution in [3.05, 3.63) is 77.6 Å². The van der Waals surface area contributed by atoms with Crippen LogP contribution in [-0.4, -0.2) is 5.97 Å². The van der Waals surface area contributed by atoms with Crippen LogP contribution in [0.4, 0.5) is 4.39 Å². The molecule has 0 saturated carbocycles. The van der Waals surface area contributed by atoms with Crippen molar-refractivity contribution in [2.75, 3.05) is 0 Å². The second kappa shape index (κ2) is 6.02. The van der Waals surface area contributed by atoms with Crippen LogP contribution in [0, 0.1) is 5.82 Å². The number of ether oxygens (including phenoxy) is 2. The molecule has 1 atom stereocenters. The fourth-order valence-corrected chi connectivity index (χ4v) is 2.30. The average Bonchev–Trinajstić information content (AvgIpc) is 2.87. The molecule has 0 N–H and O–H groups in total. The summed E-state index contributed by atoms with van der Waals surface area (Å²) in [5, 5.41) is 0. The van der Waals surface area contributed by atoms with Crippen LogP contribution in [0.15, 0.2) is 60.7 Å². The van der Waals surface area contributed by atoms with E-state index in [4.69, 9.17) is 9.47 Å². The van der Waals surface area contributed by atoms with E-state index in [0.29, 0.717) is 24.4 Å². The first-order valence-corrected chi connectivity index (χ1v) is 6.98. The van der Waals surface area contributed by atoms with Crippen molar-refractivity contribution >= 4 is 5.97 Å². The zero-order chi connectivity index (χ0) is 15.5. The lowest BCUT2D eigenvalue weighted by Gasteiger charge is -2.12. The maximum Gasteiger partial charge on any atom is 0.334 e. The van der Waals surface area contributed by atoms with Crippen LogP contribution < -0.4 is 4.74 Å². The molecule has 0 radical (unpaired) electrons. The first-order valence-electron chi connectivity index (χ1n) is 6.98. The number of hydrogen-bond acceptors (Lipinski definition) is 3. The summed E-state index contributed by atoms with van der Waals surface area (Å²) in [4.78, 5) is 11.4. The van der Waals surface area contributed by atoms with Crippen molar-refractivity contribution in [2.45, 2.75) is 19.1 Å². The molecular weight excluding hydrogens is 283 g/mol. The first kappa shape index (κ1) is 14.3. The van der Waals surface area contributed by atoms with E-state index in [2.05, 4.69) is 6.58 Å². The molecule has 0 spiro atoms. The third-order valence-corrected chi connectivity index (χ3v) is 3.52. The van der Waals surface area contributed by atoms with Gasteiger partial charge in [-0.15, -0.1) is 0 Å². The average molecular weight is 298 g/mol. The van der Waals surface area contributed by atoms with Gasteiger partial charge in [0.1, 0.15) is 24.3 Å². The topological polar surface area (TPSA) is 35.5 Å². The van der Waals surface area contributed by atoms with Crippen LogP contribution in [0.1, 0.15) is 23.7 Å². The summed E-state index contributed by atoms with van der Waals surface area (Å²) in [7, 11) is 0. The third-order valence-electron chi connectivity index (χ3n) is 3.52. The molecule has 0 bridgehead atoms. The summed E-state index contributed by atoms with van der Waals surface area (Å²) in [6, 6.07) is 13.6. The molecule has 3 nitrogen and oxygen atoms in total. The summed E-state index contributed by atoms with van der Waals surface area (Å²) >= 11 is 0. The molecule has 22 heavy (non-hydrogen) atoms. The quantitative estimate of drug-likeness (QED) is 0.633. The van der Waals surface area contributed by atoms with E-state index in [1.807, 2.05) is 24.3 Å². The first-order chi connectivity index (χ1) is 10.6. The van der Waals surface area contributed by atoms with Crippen LogP contribution in [0.2, 0.25) is 0 Å². The summed E-state index contributed by atoms with van der Waals surface area (Å²) in [5.74, 6) is 0.0621. The minimum Gasteiger partial charge on any atom is -0.489 e. The van der Waals surface area contributed by atoms with E-state index in [1.54, 1.807) is 12.1 Å². The summed E-state index contributed by atoms with van der Waals surface area (Å²) in [6.07, 6.45) is 0.203. The Bertz CT molecular complexity index is 691. The molecule has 112 valence electrons. The smallest absolute Gasteiger partial charge is 0.334 e. The fraction of sp³-hybridized carbons (Fsp3) is 0.167. The minimum absolute atomic E-state index is 0.269. The van der Waals surface area contributed by atoms with Gasteiger partial charge in [0, 0.05) is 12.0 Å². The SMILES string of the molecule is C=C1CC(c2cccc(OCc3ccc(F)cc3)c2)OC1=O. The van der Waals surface area contributed by atoms with Crippen molar-refractivity contribution in [1.29, 1.82) is 0 Å². The van der Waals surface area contributed by atoms with Gasteiger partial charge in [-0.1, -0.05) is 30.8 Å². The second-order valence-electron chi connectivity index (χ2n) is 5.19. The summed E-state index contributed by atoms with van der Waals surface area (Å²) in [5.41, 5.74) is 2.25. The van der Waals surface area contributed by atoms with Crippen LogP contribution in [0.3, 0.4) is 0 Å². The van der Waals surface area contributed by atoms with Gasteiger partial charge in [-0.3, -0.25) is 0 Å². The molecule has 1 saturated heterocycles. The van der Waals surface area contributed by atoms with Crippen molar-refractivity contribution in [3.8, 4) is 5.75 Å². The van der Waals surface area contributed by atoms with Crippen molar-refractivity contribution in [1.82, 2.24) is 0 Å². The maximum atomic E-state index is 12.8. The number of cyclic esters (lactones) is 1. The van der Waals surface area contributed by atoms with Crippen molar-refractivity contribution < 1.29 is 18.7 Å². The normalized spacial score (nSPS) is 17.4. The third kappa shape index (κ3) is 3.17. The standard InChI is InChI=1S/C18H15FO3/c1-12-9-17(22-18(12)20)14-3-2-4-16(10-14)21-11-13-5-7-15(19)8-6-13/h2-8,10,17H,1,9,11H2. The highest BCUT2D eigenvalue weighted by molar-refractivity contribution is 5.90. The number of carbonyl (C=O) groups excluding carboxylic acids is 1. The predicted octanol–water partition coefficient (Wildman–Crippen LogP) is 3.95. The number of hydrogen-bond donors (Lipinski definition) is 0. The molecule has 2 aromatic rings. The molecule has 1 aliphatic heterocycles. The van der Waals surface area contributed by atoms with Gasteiger partial charge >= 0.3 is 5.97 Å². The van der Waals surface area contributed by atoms with Crippen LogP contribution >= 0.6 is 0 Å². The molecule has 1 unspecified atom stereocenters. The van der Waals surface area contributed by atoms with E-state index in [0.717, 1.165) is 11.1 Å². The number of rotatable bonds is 4. The lowest BCUT2D eigenvalue weighted by atomic mass is 10.0. The molecule has 2 aromatic carbocycles. The highest BCUT2D eigenvalue weighted by Gasteiger charge is 2.28. The van der Waals surface area contributed by atoms with Crippen LogP contribution in [0.25, 0.3) is 0 Å². The largest absolute Gasteiger partial charge is 0.489 e. The molecule has 0 aromatic heterocycles. The van der Waals surface area contributed by atoms with Crippen molar-refractivity contribution in [3.63, 3.8) is 0 Å². The number of benzene rings is 2. The van der Waals surface area contributed by atoms with Gasteiger partial charge in [-0.25, -0.2) is 9.18 Å². The van der Waals surface area contributed by atoms with Crippen LogP contribution in [0.5, 0.6) is 5.75 Å². The molecular formula is C18H15FO3. The molecule has 1 aliphatic rings. The Balaban J connectivity index is 1.67. The molecule has 0 amide bonds. The van der Waals surface area contributed by atoms with E-state index in [9.17, 15) is 9.18 Å². The van der Waals surface area contributed by atoms with Crippen molar-refractivity contribution in [2.24, 2.45) is 0 Å². The monoisotopic (exact) mass is 298 g/mol. The molecule has 0 aliphatic carbocycles. The number of carbonyl (C=O) groups is 1. The predicted molar refractivity (Wildman–Crippen MR) is 79.8 cm³/mol. The maximum absolute atomic E-state index is 12.8. The Morgan fingerprint density at radius 3 is 2.68 bits per heavy atom. The van der Waals surface area contributed by atoms with Gasteiger partial charge in [0.05, 0.1) is 0 Å². The zero-order valence-corrected chi connectivity index (χ0v) is 11.9. The second-order valence-corrected chi connectivity index (χ2v) is 5.19. The van der Waals surface area contributed by atoms with E-state index < -0.39 is 0 Å². The van der Waals surface area contributed by atoms with Gasteiger partial charge in [-0.2, -0.15) is 0 Å². The molecule has 3 rings (SSSR count). The van der Waals surface area contributed by atoms with E-state index >= 15 is 0 Å². The lowest BCUT2D eigenvalue weighted by molar-refractivity contribution is -0.139. The Kier molecular flexibility index (Phi) is 3.92. The zero-order valence-electron chi connectivity index (χ0n) is 11.9. The Morgan fingerprint density at radius 2 is 2.00 bits per heavy atom. The fourth-order valence-electron chi connectivity index (χ4n) is 2.30. The molecule has 1 fully saturated rings. The van der Waals surface area contributed by atoms with Crippen LogP contribution in [-0.2, 0) is 16.1 Å². The highest BCUT2D eigenvalue weighted by Crippen LogP contribution is 2.33. The van der Waals surface area contributed by atoms with Gasteiger partial charge in [-0.05, 0) is 35.4 Å². The highest BCUT2D eigenvalue weighted by atomic mass is 19.1. The Morgan fingerprint density at radius 1 is 1.23 bits per heavy atom. The Labute approximate surface area is 128 Å². The summed E-state index contributed by atoms with van der Waals surface area (Å²) in [6.45, 7) is 4.03. The molecule has 4 heteroatoms. The molecule has 1 heterocycles. The van der Waals surface area contributed by atoms with Gasteiger partial charge in [0.15, 0.2) is 0 Å². The minimum atomic E-state index is -0.345. The number of halogens is 1. The van der Waals surface area contributed by atoms with E-state index in [-0.39, 0.29) is 17.9 Å².